The van der Waals surface area contributed by atoms with Crippen LogP contribution in [0.2, 0.25) is 0 Å². The van der Waals surface area contributed by atoms with Crippen LogP contribution in [-0.4, -0.2) is 29.9 Å². The summed E-state index contributed by atoms with van der Waals surface area (Å²) >= 11 is 0. The summed E-state index contributed by atoms with van der Waals surface area (Å²) < 4.78 is 0. The summed E-state index contributed by atoms with van der Waals surface area (Å²) in [5.41, 5.74) is 0.903. The average Bonchev–Trinajstić information content (AvgIpc) is 2.41. The first-order valence-corrected chi connectivity index (χ1v) is 6.43. The Morgan fingerprint density at radius 3 is 2.47 bits per heavy atom. The Hall–Kier alpha value is -1.35. The number of carbonyl (C=O) groups is 1. The smallest absolute Gasteiger partial charge is 0.241 e. The van der Waals surface area contributed by atoms with E-state index in [0.29, 0.717) is 0 Å². The fraction of sp³-hybridized carbons (Fsp3) is 0.500. The lowest BCUT2D eigenvalue weighted by Gasteiger charge is -2.44. The van der Waals surface area contributed by atoms with Crippen molar-refractivity contribution in [2.45, 2.75) is 25.3 Å². The molecule has 3 aliphatic heterocycles. The number of hydrogen-bond donors (Lipinski definition) is 1. The number of carbonyl (C=O) groups excluding carboxylic acids is 1. The second kappa shape index (κ2) is 4.49. The minimum atomic E-state index is 0.0997. The number of piperidine rings is 3. The Morgan fingerprint density at radius 2 is 1.88 bits per heavy atom. The van der Waals surface area contributed by atoms with Crippen LogP contribution in [0.3, 0.4) is 0 Å². The Balaban J connectivity index is 1.67. The van der Waals surface area contributed by atoms with Gasteiger partial charge in [0.25, 0.3) is 0 Å². The van der Waals surface area contributed by atoms with Gasteiger partial charge in [-0.25, -0.2) is 0 Å². The molecule has 0 spiro atoms. The molecule has 1 amide bonds. The summed E-state index contributed by atoms with van der Waals surface area (Å²) in [5, 5.41) is 3.02. The molecule has 3 aliphatic rings. The summed E-state index contributed by atoms with van der Waals surface area (Å²) in [6.45, 7) is 2.19. The molecule has 2 bridgehead atoms. The molecule has 1 aromatic carbocycles. The third-order valence-corrected chi connectivity index (χ3v) is 3.99. The molecule has 1 atom stereocenters. The Bertz CT molecular complexity index is 396. The predicted octanol–water partition coefficient (Wildman–Crippen LogP) is 2.11. The number of fused-ring (bicyclic) bond motifs is 3. The second-order valence-electron chi connectivity index (χ2n) is 5.09. The van der Waals surface area contributed by atoms with Gasteiger partial charge in [0.05, 0.1) is 6.04 Å². The maximum atomic E-state index is 12.2. The standard InChI is InChI=1S/C14H18N2O/c17-14(15-12-4-2-1-3-5-12)13-10-11-6-8-16(13)9-7-11/h1-5,11,13H,6-10H2,(H,15,17). The molecule has 3 heterocycles. The molecule has 4 rings (SSSR count). The van der Waals surface area contributed by atoms with Crippen molar-refractivity contribution in [2.24, 2.45) is 5.92 Å². The first-order valence-electron chi connectivity index (χ1n) is 6.43. The summed E-state index contributed by atoms with van der Waals surface area (Å²) in [5.74, 6) is 0.937. The molecule has 1 N–H and O–H groups in total. The molecular formula is C14H18N2O. The number of nitrogens with one attached hydrogen (secondary N) is 1. The molecule has 3 heteroatoms. The van der Waals surface area contributed by atoms with E-state index in [9.17, 15) is 4.79 Å². The van der Waals surface area contributed by atoms with Crippen molar-refractivity contribution in [1.82, 2.24) is 4.90 Å². The zero-order chi connectivity index (χ0) is 11.7. The molecule has 0 aromatic heterocycles. The van der Waals surface area contributed by atoms with Crippen LogP contribution in [0.15, 0.2) is 30.3 Å². The number of para-hydroxylation sites is 1. The van der Waals surface area contributed by atoms with Gasteiger partial charge in [0.2, 0.25) is 5.91 Å². The normalized spacial score (nSPS) is 31.2. The van der Waals surface area contributed by atoms with Crippen LogP contribution >= 0.6 is 0 Å². The summed E-state index contributed by atoms with van der Waals surface area (Å²) in [4.78, 5) is 14.5. The minimum Gasteiger partial charge on any atom is -0.325 e. The average molecular weight is 230 g/mol. The Labute approximate surface area is 102 Å². The van der Waals surface area contributed by atoms with Crippen LogP contribution in [0, 0.1) is 5.92 Å². The topological polar surface area (TPSA) is 32.3 Å². The van der Waals surface area contributed by atoms with E-state index in [1.165, 1.54) is 12.8 Å². The number of rotatable bonds is 2. The molecular weight excluding hydrogens is 212 g/mol. The second-order valence-corrected chi connectivity index (χ2v) is 5.09. The lowest BCUT2D eigenvalue weighted by Crippen LogP contribution is -2.53. The highest BCUT2D eigenvalue weighted by Gasteiger charge is 2.37. The number of nitrogens with zero attached hydrogens (tertiary/aromatic N) is 1. The molecule has 3 saturated heterocycles. The van der Waals surface area contributed by atoms with E-state index in [1.54, 1.807) is 0 Å². The van der Waals surface area contributed by atoms with E-state index in [1.807, 2.05) is 30.3 Å². The Morgan fingerprint density at radius 1 is 1.18 bits per heavy atom. The monoisotopic (exact) mass is 230 g/mol. The summed E-state index contributed by atoms with van der Waals surface area (Å²) in [6.07, 6.45) is 3.59. The van der Waals surface area contributed by atoms with Gasteiger partial charge < -0.3 is 5.32 Å². The molecule has 0 aliphatic carbocycles. The lowest BCUT2D eigenvalue weighted by atomic mass is 9.83. The van der Waals surface area contributed by atoms with Gasteiger partial charge in [0.15, 0.2) is 0 Å². The SMILES string of the molecule is O=C(Nc1ccccc1)C1CC2CCN1CC2. The molecule has 0 saturated carbocycles. The third kappa shape index (κ3) is 2.20. The molecule has 1 aromatic rings. The van der Waals surface area contributed by atoms with Crippen molar-refractivity contribution in [1.29, 1.82) is 0 Å². The van der Waals surface area contributed by atoms with Gasteiger partial charge in [0.1, 0.15) is 0 Å². The van der Waals surface area contributed by atoms with Crippen LogP contribution in [0.4, 0.5) is 5.69 Å². The van der Waals surface area contributed by atoms with E-state index in [0.717, 1.165) is 31.1 Å². The highest BCUT2D eigenvalue weighted by Crippen LogP contribution is 2.32. The fourth-order valence-corrected chi connectivity index (χ4v) is 2.99. The highest BCUT2D eigenvalue weighted by atomic mass is 16.2. The van der Waals surface area contributed by atoms with E-state index < -0.39 is 0 Å². The maximum absolute atomic E-state index is 12.2. The quantitative estimate of drug-likeness (QED) is 0.844. The van der Waals surface area contributed by atoms with Crippen molar-refractivity contribution in [3.63, 3.8) is 0 Å². The van der Waals surface area contributed by atoms with E-state index in [4.69, 9.17) is 0 Å². The summed E-state index contributed by atoms with van der Waals surface area (Å²) in [6, 6.07) is 9.83. The minimum absolute atomic E-state index is 0.0997. The van der Waals surface area contributed by atoms with Gasteiger partial charge in [-0.05, 0) is 50.4 Å². The lowest BCUT2D eigenvalue weighted by molar-refractivity contribution is -0.125. The van der Waals surface area contributed by atoms with Gasteiger partial charge in [-0.15, -0.1) is 0 Å². The molecule has 0 radical (unpaired) electrons. The number of benzene rings is 1. The summed E-state index contributed by atoms with van der Waals surface area (Å²) in [7, 11) is 0. The maximum Gasteiger partial charge on any atom is 0.241 e. The van der Waals surface area contributed by atoms with Gasteiger partial charge in [0, 0.05) is 5.69 Å². The highest BCUT2D eigenvalue weighted by molar-refractivity contribution is 5.94. The molecule has 3 nitrogen and oxygen atoms in total. The number of amides is 1. The number of anilines is 1. The largest absolute Gasteiger partial charge is 0.325 e. The van der Waals surface area contributed by atoms with Gasteiger partial charge >= 0.3 is 0 Å². The van der Waals surface area contributed by atoms with Crippen LogP contribution in [-0.2, 0) is 4.79 Å². The molecule has 3 fully saturated rings. The van der Waals surface area contributed by atoms with Crippen LogP contribution in [0.1, 0.15) is 19.3 Å². The zero-order valence-electron chi connectivity index (χ0n) is 9.93. The van der Waals surface area contributed by atoms with E-state index >= 15 is 0 Å². The fourth-order valence-electron chi connectivity index (χ4n) is 2.99. The van der Waals surface area contributed by atoms with Crippen molar-refractivity contribution in [3.8, 4) is 0 Å². The van der Waals surface area contributed by atoms with Gasteiger partial charge in [-0.1, -0.05) is 18.2 Å². The Kier molecular flexibility index (Phi) is 2.85. The van der Waals surface area contributed by atoms with E-state index in [-0.39, 0.29) is 11.9 Å². The van der Waals surface area contributed by atoms with Gasteiger partial charge in [-0.2, -0.15) is 0 Å². The third-order valence-electron chi connectivity index (χ3n) is 3.99. The molecule has 17 heavy (non-hydrogen) atoms. The zero-order valence-corrected chi connectivity index (χ0v) is 9.93. The van der Waals surface area contributed by atoms with Crippen molar-refractivity contribution in [2.75, 3.05) is 18.4 Å². The van der Waals surface area contributed by atoms with Crippen molar-refractivity contribution in [3.05, 3.63) is 30.3 Å². The first-order chi connectivity index (χ1) is 8.33. The van der Waals surface area contributed by atoms with Crippen LogP contribution in [0.25, 0.3) is 0 Å². The number of hydrogen-bond acceptors (Lipinski definition) is 2. The van der Waals surface area contributed by atoms with E-state index in [2.05, 4.69) is 10.2 Å². The first kappa shape index (κ1) is 10.8. The van der Waals surface area contributed by atoms with Crippen LogP contribution in [0.5, 0.6) is 0 Å². The predicted molar refractivity (Wildman–Crippen MR) is 67.8 cm³/mol. The van der Waals surface area contributed by atoms with Gasteiger partial charge in [-0.3, -0.25) is 9.69 Å². The van der Waals surface area contributed by atoms with Crippen molar-refractivity contribution < 1.29 is 4.79 Å². The molecule has 90 valence electrons. The van der Waals surface area contributed by atoms with Crippen molar-refractivity contribution >= 4 is 11.6 Å². The molecule has 1 unspecified atom stereocenters. The van der Waals surface area contributed by atoms with Crippen LogP contribution < -0.4 is 5.32 Å².